The van der Waals surface area contributed by atoms with Gasteiger partial charge in [-0.05, 0) is 23.8 Å². The molecule has 2 N–H and O–H groups in total. The van der Waals surface area contributed by atoms with Crippen molar-refractivity contribution < 1.29 is 22.8 Å². The number of hydrogen-bond donors (Lipinski definition) is 2. The van der Waals surface area contributed by atoms with E-state index in [0.717, 1.165) is 17.3 Å². The number of urea groups is 1. The van der Waals surface area contributed by atoms with Gasteiger partial charge in [0.1, 0.15) is 11.7 Å². The molecule has 0 fully saturated rings. The first kappa shape index (κ1) is 19.7. The molecule has 148 valence electrons. The lowest BCUT2D eigenvalue weighted by Crippen LogP contribution is -2.54. The number of carbonyl (C=O) groups is 2. The number of benzene rings is 1. The number of likely N-dealkylation sites (N-methyl/N-ethyl adjacent to an activating group) is 1. The Morgan fingerprint density at radius 3 is 2.71 bits per heavy atom. The lowest BCUT2D eigenvalue weighted by Gasteiger charge is -2.31. The van der Waals surface area contributed by atoms with Crippen molar-refractivity contribution in [3.8, 4) is 0 Å². The molecular formula is C19H19F3N4O2. The number of amides is 3. The first-order valence-electron chi connectivity index (χ1n) is 8.68. The summed E-state index contributed by atoms with van der Waals surface area (Å²) in [5.41, 5.74) is 1.01. The third-order valence-corrected chi connectivity index (χ3v) is 4.47. The molecule has 6 nitrogen and oxygen atoms in total. The first-order chi connectivity index (χ1) is 13.3. The van der Waals surface area contributed by atoms with E-state index in [1.807, 2.05) is 24.3 Å². The van der Waals surface area contributed by atoms with Crippen LogP contribution in [0.5, 0.6) is 0 Å². The van der Waals surface area contributed by atoms with Gasteiger partial charge in [-0.3, -0.25) is 4.79 Å². The zero-order valence-electron chi connectivity index (χ0n) is 15.1. The molecule has 0 radical (unpaired) electrons. The Hall–Kier alpha value is -3.10. The number of halogens is 3. The number of rotatable bonds is 4. The SMILES string of the molecule is CN1C(=O)C(NC(=O)NCCc2cccc(C(F)(F)F)n2)Cc2ccccc21. The van der Waals surface area contributed by atoms with Crippen molar-refractivity contribution in [1.29, 1.82) is 0 Å². The molecule has 0 bridgehead atoms. The molecule has 1 aliphatic heterocycles. The largest absolute Gasteiger partial charge is 0.433 e. The summed E-state index contributed by atoms with van der Waals surface area (Å²) >= 11 is 0. The molecule has 1 atom stereocenters. The normalized spacial score (nSPS) is 16.5. The predicted molar refractivity (Wildman–Crippen MR) is 96.8 cm³/mol. The molecule has 3 rings (SSSR count). The second-order valence-electron chi connectivity index (χ2n) is 6.44. The number of nitrogens with one attached hydrogen (secondary N) is 2. The summed E-state index contributed by atoms with van der Waals surface area (Å²) in [5, 5.41) is 5.17. The van der Waals surface area contributed by atoms with E-state index in [1.165, 1.54) is 17.0 Å². The van der Waals surface area contributed by atoms with Crippen molar-refractivity contribution in [2.24, 2.45) is 0 Å². The lowest BCUT2D eigenvalue weighted by molar-refractivity contribution is -0.141. The van der Waals surface area contributed by atoms with Crippen LogP contribution in [0.15, 0.2) is 42.5 Å². The number of aromatic nitrogens is 1. The third-order valence-electron chi connectivity index (χ3n) is 4.47. The first-order valence-corrected chi connectivity index (χ1v) is 8.68. The highest BCUT2D eigenvalue weighted by Gasteiger charge is 2.33. The number of pyridine rings is 1. The molecule has 1 aliphatic rings. The standard InChI is InChI=1S/C19H19F3N4O2/c1-26-15-7-3-2-5-12(15)11-14(17(26)27)25-18(28)23-10-9-13-6-4-8-16(24-13)19(20,21)22/h2-8,14H,9-11H2,1H3,(H2,23,25,28). The van der Waals surface area contributed by atoms with Crippen LogP contribution >= 0.6 is 0 Å². The smallest absolute Gasteiger partial charge is 0.338 e. The van der Waals surface area contributed by atoms with Crippen molar-refractivity contribution in [3.05, 3.63) is 59.4 Å². The second-order valence-corrected chi connectivity index (χ2v) is 6.44. The Morgan fingerprint density at radius 2 is 1.96 bits per heavy atom. The van der Waals surface area contributed by atoms with Gasteiger partial charge in [0.2, 0.25) is 5.91 Å². The van der Waals surface area contributed by atoms with E-state index >= 15 is 0 Å². The van der Waals surface area contributed by atoms with Gasteiger partial charge in [-0.25, -0.2) is 9.78 Å². The summed E-state index contributed by atoms with van der Waals surface area (Å²) in [6, 6.07) is 9.81. The van der Waals surface area contributed by atoms with Crippen molar-refractivity contribution in [3.63, 3.8) is 0 Å². The number of fused-ring (bicyclic) bond motifs is 1. The maximum atomic E-state index is 12.7. The van der Waals surface area contributed by atoms with Crippen LogP contribution in [0.4, 0.5) is 23.7 Å². The molecule has 3 amide bonds. The number of carbonyl (C=O) groups excluding carboxylic acids is 2. The molecule has 1 aromatic carbocycles. The van der Waals surface area contributed by atoms with Gasteiger partial charge in [-0.15, -0.1) is 0 Å². The number of alkyl halides is 3. The van der Waals surface area contributed by atoms with E-state index in [0.29, 0.717) is 6.42 Å². The van der Waals surface area contributed by atoms with Crippen LogP contribution in [0, 0.1) is 0 Å². The zero-order valence-corrected chi connectivity index (χ0v) is 15.1. The highest BCUT2D eigenvalue weighted by atomic mass is 19.4. The fraction of sp³-hybridized carbons (Fsp3) is 0.316. The maximum Gasteiger partial charge on any atom is 0.433 e. The van der Waals surface area contributed by atoms with Gasteiger partial charge in [0.05, 0.1) is 0 Å². The van der Waals surface area contributed by atoms with Gasteiger partial charge >= 0.3 is 12.2 Å². The topological polar surface area (TPSA) is 74.3 Å². The van der Waals surface area contributed by atoms with Gasteiger partial charge in [0.15, 0.2) is 0 Å². The van der Waals surface area contributed by atoms with Crippen LogP contribution in [-0.2, 0) is 23.8 Å². The van der Waals surface area contributed by atoms with Crippen LogP contribution in [0.25, 0.3) is 0 Å². The van der Waals surface area contributed by atoms with Crippen LogP contribution in [0.2, 0.25) is 0 Å². The van der Waals surface area contributed by atoms with Crippen LogP contribution in [0.1, 0.15) is 17.0 Å². The summed E-state index contributed by atoms with van der Waals surface area (Å²) in [6.45, 7) is 0.0908. The number of hydrogen-bond acceptors (Lipinski definition) is 3. The molecule has 28 heavy (non-hydrogen) atoms. The molecule has 2 heterocycles. The molecule has 1 unspecified atom stereocenters. The Bertz CT molecular complexity index is 885. The van der Waals surface area contributed by atoms with Gasteiger partial charge in [0.25, 0.3) is 0 Å². The molecule has 0 saturated heterocycles. The quantitative estimate of drug-likeness (QED) is 0.840. The van der Waals surface area contributed by atoms with E-state index in [-0.39, 0.29) is 24.6 Å². The molecule has 2 aromatic rings. The average molecular weight is 392 g/mol. The molecular weight excluding hydrogens is 373 g/mol. The summed E-state index contributed by atoms with van der Waals surface area (Å²) < 4.78 is 38.0. The molecule has 0 aliphatic carbocycles. The van der Waals surface area contributed by atoms with Gasteiger partial charge in [0, 0.05) is 37.8 Å². The van der Waals surface area contributed by atoms with Crippen molar-refractivity contribution in [1.82, 2.24) is 15.6 Å². The molecule has 0 saturated carbocycles. The van der Waals surface area contributed by atoms with E-state index in [9.17, 15) is 22.8 Å². The van der Waals surface area contributed by atoms with Gasteiger partial charge in [-0.2, -0.15) is 13.2 Å². The van der Waals surface area contributed by atoms with Crippen molar-refractivity contribution >= 4 is 17.6 Å². The number of para-hydroxylation sites is 1. The highest BCUT2D eigenvalue weighted by Crippen LogP contribution is 2.27. The Balaban J connectivity index is 1.53. The predicted octanol–water partition coefficient (Wildman–Crippen LogP) is 2.53. The number of anilines is 1. The molecule has 9 heteroatoms. The fourth-order valence-corrected chi connectivity index (χ4v) is 3.07. The highest BCUT2D eigenvalue weighted by molar-refractivity contribution is 6.01. The molecule has 0 spiro atoms. The number of nitrogens with zero attached hydrogens (tertiary/aromatic N) is 2. The maximum absolute atomic E-state index is 12.7. The van der Waals surface area contributed by atoms with Crippen LogP contribution < -0.4 is 15.5 Å². The minimum absolute atomic E-state index is 0.0908. The van der Waals surface area contributed by atoms with Crippen LogP contribution in [-0.4, -0.2) is 36.6 Å². The second kappa shape index (κ2) is 7.87. The third kappa shape index (κ3) is 4.41. The van der Waals surface area contributed by atoms with Crippen molar-refractivity contribution in [2.75, 3.05) is 18.5 Å². The lowest BCUT2D eigenvalue weighted by atomic mass is 9.98. The van der Waals surface area contributed by atoms with Gasteiger partial charge < -0.3 is 15.5 Å². The Labute approximate surface area is 159 Å². The minimum atomic E-state index is -4.51. The van der Waals surface area contributed by atoms with E-state index < -0.39 is 23.9 Å². The monoisotopic (exact) mass is 392 g/mol. The summed E-state index contributed by atoms with van der Waals surface area (Å²) in [6.07, 6.45) is -3.99. The van der Waals surface area contributed by atoms with Crippen molar-refractivity contribution in [2.45, 2.75) is 25.1 Å². The fourth-order valence-electron chi connectivity index (χ4n) is 3.07. The summed E-state index contributed by atoms with van der Waals surface area (Å²) in [7, 11) is 1.65. The summed E-state index contributed by atoms with van der Waals surface area (Å²) in [4.78, 5) is 29.6. The zero-order chi connectivity index (χ0) is 20.3. The van der Waals surface area contributed by atoms with E-state index in [4.69, 9.17) is 0 Å². The Kier molecular flexibility index (Phi) is 5.53. The summed E-state index contributed by atoms with van der Waals surface area (Å²) in [5.74, 6) is -0.228. The average Bonchev–Trinajstić information content (AvgIpc) is 2.65. The molecule has 1 aromatic heterocycles. The Morgan fingerprint density at radius 1 is 1.21 bits per heavy atom. The van der Waals surface area contributed by atoms with E-state index in [1.54, 1.807) is 7.05 Å². The van der Waals surface area contributed by atoms with Gasteiger partial charge in [-0.1, -0.05) is 24.3 Å². The minimum Gasteiger partial charge on any atom is -0.338 e. The van der Waals surface area contributed by atoms with E-state index in [2.05, 4.69) is 15.6 Å². The van der Waals surface area contributed by atoms with Crippen LogP contribution in [0.3, 0.4) is 0 Å².